The van der Waals surface area contributed by atoms with Crippen molar-refractivity contribution in [2.24, 2.45) is 0 Å². The van der Waals surface area contributed by atoms with Gasteiger partial charge in [0.05, 0.1) is 6.04 Å². The van der Waals surface area contributed by atoms with Crippen molar-refractivity contribution in [3.8, 4) is 0 Å². The lowest BCUT2D eigenvalue weighted by molar-refractivity contribution is -0.122. The van der Waals surface area contributed by atoms with Crippen molar-refractivity contribution in [2.75, 3.05) is 0 Å². The second-order valence-corrected chi connectivity index (χ2v) is 7.47. The number of amides is 1. The summed E-state index contributed by atoms with van der Waals surface area (Å²) < 4.78 is 2.02. The van der Waals surface area contributed by atoms with Crippen molar-refractivity contribution in [1.29, 1.82) is 0 Å². The van der Waals surface area contributed by atoms with Gasteiger partial charge in [0.2, 0.25) is 5.91 Å². The van der Waals surface area contributed by atoms with Crippen molar-refractivity contribution in [1.82, 2.24) is 19.9 Å². The molecule has 0 aromatic carbocycles. The van der Waals surface area contributed by atoms with Gasteiger partial charge in [0.1, 0.15) is 10.8 Å². The fourth-order valence-electron chi connectivity index (χ4n) is 2.72. The topological polar surface area (TPSA) is 59.8 Å². The average molecular weight is 361 g/mol. The first-order valence-electron chi connectivity index (χ1n) is 7.82. The van der Waals surface area contributed by atoms with Crippen LogP contribution < -0.4 is 5.32 Å². The van der Waals surface area contributed by atoms with Crippen LogP contribution in [0.3, 0.4) is 0 Å². The number of thiophene rings is 1. The summed E-state index contributed by atoms with van der Waals surface area (Å²) in [7, 11) is 0. The third-order valence-electron chi connectivity index (χ3n) is 3.92. The maximum atomic E-state index is 12.5. The number of thiazole rings is 1. The van der Waals surface area contributed by atoms with E-state index in [1.54, 1.807) is 35.1 Å². The molecular weight excluding hydrogens is 340 g/mol. The highest BCUT2D eigenvalue weighted by atomic mass is 32.1. The number of aryl methyl sites for hydroxylation is 1. The van der Waals surface area contributed by atoms with Gasteiger partial charge in [-0.3, -0.25) is 4.79 Å². The summed E-state index contributed by atoms with van der Waals surface area (Å²) in [5.41, 5.74) is 1.22. The Kier molecular flexibility index (Phi) is 5.42. The van der Waals surface area contributed by atoms with Crippen LogP contribution in [0.25, 0.3) is 0 Å². The Morgan fingerprint density at radius 3 is 2.83 bits per heavy atom. The molecule has 3 aromatic rings. The van der Waals surface area contributed by atoms with Gasteiger partial charge in [-0.05, 0) is 36.2 Å². The van der Waals surface area contributed by atoms with Gasteiger partial charge in [-0.25, -0.2) is 9.97 Å². The number of hydrogen-bond acceptors (Lipinski definition) is 5. The summed E-state index contributed by atoms with van der Waals surface area (Å²) in [6, 6.07) is 2.09. The van der Waals surface area contributed by atoms with E-state index in [2.05, 4.69) is 32.1 Å². The maximum Gasteiger partial charge on any atom is 0.222 e. The van der Waals surface area contributed by atoms with Crippen LogP contribution in [0.15, 0.2) is 40.8 Å². The van der Waals surface area contributed by atoms with Crippen LogP contribution in [0.4, 0.5) is 0 Å². The minimum absolute atomic E-state index is 0.0334. The lowest BCUT2D eigenvalue weighted by Crippen LogP contribution is -2.31. The molecule has 0 fully saturated rings. The maximum absolute atomic E-state index is 12.5. The molecule has 24 heavy (non-hydrogen) atoms. The second kappa shape index (κ2) is 7.72. The summed E-state index contributed by atoms with van der Waals surface area (Å²) in [5.74, 6) is 0.955. The summed E-state index contributed by atoms with van der Waals surface area (Å²) >= 11 is 3.24. The SMILES string of the molecule is Cc1nccn1[C@H](C)CC(=O)N[C@H](Cc1ccsc1)c1nccs1. The number of nitrogens with one attached hydrogen (secondary N) is 1. The normalized spacial score (nSPS) is 13.6. The number of carbonyl (C=O) groups is 1. The van der Waals surface area contributed by atoms with Crippen LogP contribution in [0, 0.1) is 6.92 Å². The van der Waals surface area contributed by atoms with Crippen LogP contribution in [0.1, 0.15) is 41.8 Å². The highest BCUT2D eigenvalue weighted by Crippen LogP contribution is 2.23. The Hall–Kier alpha value is -1.99. The Morgan fingerprint density at radius 2 is 2.21 bits per heavy atom. The molecule has 3 aromatic heterocycles. The summed E-state index contributed by atoms with van der Waals surface area (Å²) in [6.07, 6.45) is 6.64. The molecule has 0 radical (unpaired) electrons. The molecule has 1 N–H and O–H groups in total. The molecule has 2 atom stereocenters. The zero-order chi connectivity index (χ0) is 16.9. The van der Waals surface area contributed by atoms with E-state index in [-0.39, 0.29) is 18.0 Å². The molecule has 0 unspecified atom stereocenters. The number of hydrogen-bond donors (Lipinski definition) is 1. The predicted molar refractivity (Wildman–Crippen MR) is 97.3 cm³/mol. The minimum Gasteiger partial charge on any atom is -0.346 e. The second-order valence-electron chi connectivity index (χ2n) is 5.76. The molecule has 0 spiro atoms. The first-order chi connectivity index (χ1) is 11.6. The van der Waals surface area contributed by atoms with Gasteiger partial charge in [-0.1, -0.05) is 0 Å². The smallest absolute Gasteiger partial charge is 0.222 e. The number of nitrogens with zero attached hydrogens (tertiary/aromatic N) is 3. The number of imidazole rings is 1. The molecule has 5 nitrogen and oxygen atoms in total. The Bertz CT molecular complexity index is 764. The van der Waals surface area contributed by atoms with E-state index in [9.17, 15) is 4.79 Å². The van der Waals surface area contributed by atoms with Crippen molar-refractivity contribution < 1.29 is 4.79 Å². The monoisotopic (exact) mass is 360 g/mol. The molecular formula is C17H20N4OS2. The largest absolute Gasteiger partial charge is 0.346 e. The Labute approximate surface area is 149 Å². The van der Waals surface area contributed by atoms with E-state index in [0.717, 1.165) is 17.3 Å². The molecule has 0 aliphatic carbocycles. The van der Waals surface area contributed by atoms with Crippen LogP contribution >= 0.6 is 22.7 Å². The van der Waals surface area contributed by atoms with E-state index in [0.29, 0.717) is 6.42 Å². The summed E-state index contributed by atoms with van der Waals surface area (Å²) in [5, 5.41) is 10.2. The number of rotatable bonds is 7. The van der Waals surface area contributed by atoms with Crippen molar-refractivity contribution >= 4 is 28.6 Å². The fraction of sp³-hybridized carbons (Fsp3) is 0.353. The zero-order valence-electron chi connectivity index (χ0n) is 13.7. The summed E-state index contributed by atoms with van der Waals surface area (Å²) in [4.78, 5) is 21.1. The number of carbonyl (C=O) groups excluding carboxylic acids is 1. The quantitative estimate of drug-likeness (QED) is 0.698. The molecule has 0 saturated heterocycles. The molecule has 0 aliphatic rings. The third-order valence-corrected chi connectivity index (χ3v) is 5.54. The van der Waals surface area contributed by atoms with Crippen molar-refractivity contribution in [2.45, 2.75) is 38.8 Å². The van der Waals surface area contributed by atoms with Gasteiger partial charge in [-0.2, -0.15) is 11.3 Å². The Balaban J connectivity index is 1.66. The van der Waals surface area contributed by atoms with E-state index in [1.165, 1.54) is 5.56 Å². The molecule has 0 bridgehead atoms. The van der Waals surface area contributed by atoms with Gasteiger partial charge < -0.3 is 9.88 Å². The fourth-order valence-corrected chi connectivity index (χ4v) is 4.10. The first kappa shape index (κ1) is 16.9. The average Bonchev–Trinajstić information content (AvgIpc) is 3.29. The van der Waals surface area contributed by atoms with E-state index >= 15 is 0 Å². The molecule has 0 aliphatic heterocycles. The third kappa shape index (κ3) is 4.10. The van der Waals surface area contributed by atoms with Crippen LogP contribution in [-0.4, -0.2) is 20.4 Å². The molecule has 126 valence electrons. The van der Waals surface area contributed by atoms with Gasteiger partial charge in [0.25, 0.3) is 0 Å². The molecule has 3 rings (SSSR count). The first-order valence-corrected chi connectivity index (χ1v) is 9.65. The van der Waals surface area contributed by atoms with E-state index in [1.807, 2.05) is 30.0 Å². The minimum atomic E-state index is -0.0804. The van der Waals surface area contributed by atoms with E-state index < -0.39 is 0 Å². The van der Waals surface area contributed by atoms with E-state index in [4.69, 9.17) is 0 Å². The highest BCUT2D eigenvalue weighted by Gasteiger charge is 2.20. The zero-order valence-corrected chi connectivity index (χ0v) is 15.3. The van der Waals surface area contributed by atoms with Gasteiger partial charge >= 0.3 is 0 Å². The summed E-state index contributed by atoms with van der Waals surface area (Å²) in [6.45, 7) is 3.98. The Morgan fingerprint density at radius 1 is 1.33 bits per heavy atom. The van der Waals surface area contributed by atoms with Crippen molar-refractivity contribution in [3.05, 3.63) is 57.2 Å². The molecule has 7 heteroatoms. The predicted octanol–water partition coefficient (Wildman–Crippen LogP) is 3.76. The van der Waals surface area contributed by atoms with Crippen LogP contribution in [0.2, 0.25) is 0 Å². The molecule has 1 amide bonds. The van der Waals surface area contributed by atoms with Gasteiger partial charge in [0.15, 0.2) is 0 Å². The lowest BCUT2D eigenvalue weighted by atomic mass is 10.1. The van der Waals surface area contributed by atoms with Crippen LogP contribution in [-0.2, 0) is 11.2 Å². The van der Waals surface area contributed by atoms with Gasteiger partial charge in [-0.15, -0.1) is 11.3 Å². The number of aromatic nitrogens is 3. The standard InChI is InChI=1S/C17H20N4OS2/c1-12(21-6-4-18-13(21)2)9-16(22)20-15(17-19-5-8-24-17)10-14-3-7-23-11-14/h3-8,11-12,15H,9-10H2,1-2H3,(H,20,22)/t12-,15-/m1/s1. The molecule has 0 saturated carbocycles. The lowest BCUT2D eigenvalue weighted by Gasteiger charge is -2.19. The van der Waals surface area contributed by atoms with Crippen LogP contribution in [0.5, 0.6) is 0 Å². The van der Waals surface area contributed by atoms with Gasteiger partial charge in [0, 0.05) is 42.9 Å². The highest BCUT2D eigenvalue weighted by molar-refractivity contribution is 7.09. The van der Waals surface area contributed by atoms with Crippen molar-refractivity contribution in [3.63, 3.8) is 0 Å². The molecule has 3 heterocycles.